The number of amides is 1. The van der Waals surface area contributed by atoms with Gasteiger partial charge in [-0.25, -0.2) is 9.18 Å². The zero-order chi connectivity index (χ0) is 18.8. The molecule has 8 heteroatoms. The minimum Gasteiger partial charge on any atom is -0.444 e. The summed E-state index contributed by atoms with van der Waals surface area (Å²) in [4.78, 5) is 13.1. The highest BCUT2D eigenvalue weighted by molar-refractivity contribution is 5.67. The van der Waals surface area contributed by atoms with Crippen molar-refractivity contribution in [2.45, 2.75) is 45.5 Å². The molecular formula is C17H22F4N2O2. The molecule has 0 bridgehead atoms. The van der Waals surface area contributed by atoms with Crippen molar-refractivity contribution >= 4 is 11.8 Å². The van der Waals surface area contributed by atoms with Crippen LogP contribution in [0.1, 0.15) is 32.8 Å². The van der Waals surface area contributed by atoms with Gasteiger partial charge in [-0.3, -0.25) is 0 Å². The van der Waals surface area contributed by atoms with E-state index >= 15 is 0 Å². The number of ether oxygens (including phenoxy) is 1. The number of hydrogen-bond donors (Lipinski definition) is 1. The molecule has 1 N–H and O–H groups in total. The minimum atomic E-state index is -4.23. The van der Waals surface area contributed by atoms with Crippen molar-refractivity contribution in [3.8, 4) is 0 Å². The van der Waals surface area contributed by atoms with Gasteiger partial charge in [0, 0.05) is 30.9 Å². The molecular weight excluding hydrogens is 340 g/mol. The second kappa shape index (κ2) is 7.09. The first-order valence-electron chi connectivity index (χ1n) is 8.02. The van der Waals surface area contributed by atoms with Crippen molar-refractivity contribution in [2.24, 2.45) is 5.92 Å². The number of alkyl carbamates (subject to hydrolysis) is 1. The van der Waals surface area contributed by atoms with Crippen LogP contribution in [-0.4, -0.2) is 31.0 Å². The van der Waals surface area contributed by atoms with E-state index in [0.717, 1.165) is 0 Å². The van der Waals surface area contributed by atoms with E-state index in [1.54, 1.807) is 26.8 Å². The SMILES string of the molecule is CC(C)(C)OC(=O)NCc1ccc(N2CC[C@H](C(F)(F)F)C2)cc1F. The van der Waals surface area contributed by atoms with Crippen LogP contribution in [0.4, 0.5) is 28.0 Å². The molecule has 1 amide bonds. The Hall–Kier alpha value is -1.99. The first-order valence-corrected chi connectivity index (χ1v) is 8.02. The van der Waals surface area contributed by atoms with Crippen molar-refractivity contribution in [1.82, 2.24) is 5.32 Å². The fraction of sp³-hybridized carbons (Fsp3) is 0.588. The van der Waals surface area contributed by atoms with Gasteiger partial charge in [0.05, 0.1) is 5.92 Å². The van der Waals surface area contributed by atoms with Crippen molar-refractivity contribution in [3.63, 3.8) is 0 Å². The summed E-state index contributed by atoms with van der Waals surface area (Å²) in [7, 11) is 0. The van der Waals surface area contributed by atoms with Crippen molar-refractivity contribution < 1.29 is 27.1 Å². The smallest absolute Gasteiger partial charge is 0.407 e. The van der Waals surface area contributed by atoms with E-state index in [1.165, 1.54) is 17.0 Å². The summed E-state index contributed by atoms with van der Waals surface area (Å²) in [6.07, 6.45) is -4.89. The van der Waals surface area contributed by atoms with Gasteiger partial charge in [-0.1, -0.05) is 6.07 Å². The van der Waals surface area contributed by atoms with Gasteiger partial charge >= 0.3 is 12.3 Å². The molecule has 1 fully saturated rings. The fourth-order valence-electron chi connectivity index (χ4n) is 2.62. The Balaban J connectivity index is 1.96. The Morgan fingerprint density at radius 1 is 1.32 bits per heavy atom. The summed E-state index contributed by atoms with van der Waals surface area (Å²) in [6.45, 7) is 5.15. The quantitative estimate of drug-likeness (QED) is 0.818. The first-order chi connectivity index (χ1) is 11.5. The summed E-state index contributed by atoms with van der Waals surface area (Å²) in [5.74, 6) is -1.96. The van der Waals surface area contributed by atoms with E-state index in [0.29, 0.717) is 5.69 Å². The van der Waals surface area contributed by atoms with Crippen LogP contribution < -0.4 is 10.2 Å². The maximum atomic E-state index is 14.2. The zero-order valence-corrected chi connectivity index (χ0v) is 14.4. The molecule has 0 unspecified atom stereocenters. The standard InChI is InChI=1S/C17H22F4N2O2/c1-16(2,3)25-15(24)22-9-11-4-5-13(8-14(11)18)23-7-6-12(10-23)17(19,20)21/h4-5,8,12H,6-7,9-10H2,1-3H3,(H,22,24)/t12-/m0/s1. The van der Waals surface area contributed by atoms with Crippen LogP contribution in [0.15, 0.2) is 18.2 Å². The monoisotopic (exact) mass is 362 g/mol. The lowest BCUT2D eigenvalue weighted by atomic mass is 10.1. The number of nitrogens with zero attached hydrogens (tertiary/aromatic N) is 1. The second-order valence-electron chi connectivity index (χ2n) is 7.10. The molecule has 1 aliphatic rings. The first kappa shape index (κ1) is 19.3. The number of alkyl halides is 3. The number of carbonyl (C=O) groups is 1. The number of hydrogen-bond acceptors (Lipinski definition) is 3. The van der Waals surface area contributed by atoms with E-state index in [1.807, 2.05) is 0 Å². The van der Waals surface area contributed by atoms with E-state index in [-0.39, 0.29) is 31.6 Å². The fourth-order valence-corrected chi connectivity index (χ4v) is 2.62. The van der Waals surface area contributed by atoms with E-state index < -0.39 is 29.6 Å². The van der Waals surface area contributed by atoms with E-state index in [4.69, 9.17) is 4.74 Å². The third-order valence-corrected chi connectivity index (χ3v) is 3.88. The van der Waals surface area contributed by atoms with Gasteiger partial charge in [0.1, 0.15) is 11.4 Å². The molecule has 0 radical (unpaired) electrons. The molecule has 0 aliphatic carbocycles. The molecule has 2 rings (SSSR count). The summed E-state index contributed by atoms with van der Waals surface area (Å²) < 4.78 is 57.4. The maximum absolute atomic E-state index is 14.2. The van der Waals surface area contributed by atoms with Crippen LogP contribution in [0.3, 0.4) is 0 Å². The van der Waals surface area contributed by atoms with Crippen LogP contribution in [-0.2, 0) is 11.3 Å². The molecule has 1 aromatic carbocycles. The molecule has 0 saturated carbocycles. The van der Waals surface area contributed by atoms with E-state index in [2.05, 4.69) is 5.32 Å². The molecule has 0 aromatic heterocycles. The molecule has 1 heterocycles. The summed E-state index contributed by atoms with van der Waals surface area (Å²) in [5.41, 5.74) is -0.0106. The number of carbonyl (C=O) groups excluding carboxylic acids is 1. The van der Waals surface area contributed by atoms with Crippen molar-refractivity contribution in [1.29, 1.82) is 0 Å². The number of halogens is 4. The Morgan fingerprint density at radius 3 is 2.52 bits per heavy atom. The van der Waals surface area contributed by atoms with Crippen LogP contribution in [0.2, 0.25) is 0 Å². The molecule has 1 aliphatic heterocycles. The minimum absolute atomic E-state index is 0.00701. The Morgan fingerprint density at radius 2 is 2.00 bits per heavy atom. The number of nitrogens with one attached hydrogen (secondary N) is 1. The molecule has 1 saturated heterocycles. The van der Waals surface area contributed by atoms with Gasteiger partial charge in [-0.2, -0.15) is 13.2 Å². The van der Waals surface area contributed by atoms with Crippen LogP contribution in [0.25, 0.3) is 0 Å². The van der Waals surface area contributed by atoms with Gasteiger partial charge in [0.25, 0.3) is 0 Å². The normalized spacial score (nSPS) is 18.4. The number of rotatable bonds is 3. The summed E-state index contributed by atoms with van der Waals surface area (Å²) in [6, 6.07) is 4.22. The Bertz CT molecular complexity index is 626. The lowest BCUT2D eigenvalue weighted by Gasteiger charge is -2.21. The molecule has 1 atom stereocenters. The second-order valence-corrected chi connectivity index (χ2v) is 7.10. The van der Waals surface area contributed by atoms with E-state index in [9.17, 15) is 22.4 Å². The maximum Gasteiger partial charge on any atom is 0.407 e. The Kier molecular flexibility index (Phi) is 5.49. The topological polar surface area (TPSA) is 41.6 Å². The van der Waals surface area contributed by atoms with Gasteiger partial charge in [0.15, 0.2) is 0 Å². The predicted octanol–water partition coefficient (Wildman–Crippen LogP) is 4.24. The average Bonchev–Trinajstić information content (AvgIpc) is 2.93. The highest BCUT2D eigenvalue weighted by Crippen LogP contribution is 2.35. The third-order valence-electron chi connectivity index (χ3n) is 3.88. The molecule has 4 nitrogen and oxygen atoms in total. The molecule has 140 valence electrons. The van der Waals surface area contributed by atoms with Crippen molar-refractivity contribution in [2.75, 3.05) is 18.0 Å². The lowest BCUT2D eigenvalue weighted by Crippen LogP contribution is -2.32. The van der Waals surface area contributed by atoms with Crippen LogP contribution >= 0.6 is 0 Å². The highest BCUT2D eigenvalue weighted by Gasteiger charge is 2.43. The van der Waals surface area contributed by atoms with Crippen molar-refractivity contribution in [3.05, 3.63) is 29.6 Å². The molecule has 0 spiro atoms. The largest absolute Gasteiger partial charge is 0.444 e. The number of anilines is 1. The molecule has 1 aromatic rings. The third kappa shape index (κ3) is 5.51. The van der Waals surface area contributed by atoms with Crippen LogP contribution in [0, 0.1) is 11.7 Å². The highest BCUT2D eigenvalue weighted by atomic mass is 19.4. The van der Waals surface area contributed by atoms with Gasteiger partial charge in [-0.05, 0) is 39.3 Å². The molecule has 25 heavy (non-hydrogen) atoms. The Labute approximate surface area is 144 Å². The van der Waals surface area contributed by atoms with Gasteiger partial charge in [-0.15, -0.1) is 0 Å². The predicted molar refractivity (Wildman–Crippen MR) is 85.8 cm³/mol. The van der Waals surface area contributed by atoms with Gasteiger partial charge < -0.3 is 15.0 Å². The summed E-state index contributed by atoms with van der Waals surface area (Å²) in [5, 5.41) is 2.45. The lowest BCUT2D eigenvalue weighted by molar-refractivity contribution is -0.168. The average molecular weight is 362 g/mol. The van der Waals surface area contributed by atoms with Gasteiger partial charge in [0.2, 0.25) is 0 Å². The summed E-state index contributed by atoms with van der Waals surface area (Å²) >= 11 is 0. The van der Waals surface area contributed by atoms with Crippen LogP contribution in [0.5, 0.6) is 0 Å². The zero-order valence-electron chi connectivity index (χ0n) is 14.4. The number of benzene rings is 1.